The molecule has 0 spiro atoms. The average Bonchev–Trinajstić information content (AvgIpc) is 2.66. The van der Waals surface area contributed by atoms with Crippen molar-refractivity contribution in [3.63, 3.8) is 0 Å². The highest BCUT2D eigenvalue weighted by atomic mass is 16.5. The van der Waals surface area contributed by atoms with Crippen molar-refractivity contribution in [1.82, 2.24) is 4.98 Å². The molecule has 6 nitrogen and oxygen atoms in total. The quantitative estimate of drug-likeness (QED) is 0.662. The predicted octanol–water partition coefficient (Wildman–Crippen LogP) is 4.34. The van der Waals surface area contributed by atoms with Gasteiger partial charge in [-0.2, -0.15) is 0 Å². The summed E-state index contributed by atoms with van der Waals surface area (Å²) < 4.78 is 11.8. The highest BCUT2D eigenvalue weighted by Crippen LogP contribution is 2.47. The minimum atomic E-state index is -0.498. The molecular formula is C23H22N2O4. The van der Waals surface area contributed by atoms with E-state index in [0.717, 1.165) is 22.5 Å². The number of fused-ring (bicyclic) bond motifs is 2. The summed E-state index contributed by atoms with van der Waals surface area (Å²) in [5.74, 6) is 0.0443. The van der Waals surface area contributed by atoms with Gasteiger partial charge < -0.3 is 9.15 Å². The zero-order chi connectivity index (χ0) is 20.7. The Morgan fingerprint density at radius 1 is 1.24 bits per heavy atom. The van der Waals surface area contributed by atoms with Gasteiger partial charge in [-0.15, -0.1) is 0 Å². The Morgan fingerprint density at radius 2 is 2.03 bits per heavy atom. The van der Waals surface area contributed by atoms with Gasteiger partial charge in [-0.3, -0.25) is 14.6 Å². The average molecular weight is 390 g/mol. The lowest BCUT2D eigenvalue weighted by Gasteiger charge is -2.32. The summed E-state index contributed by atoms with van der Waals surface area (Å²) in [6.07, 6.45) is 1.65. The van der Waals surface area contributed by atoms with Gasteiger partial charge in [0.15, 0.2) is 5.43 Å². The van der Waals surface area contributed by atoms with Crippen molar-refractivity contribution >= 4 is 28.2 Å². The van der Waals surface area contributed by atoms with E-state index in [9.17, 15) is 9.59 Å². The number of nitrogens with zero attached hydrogens (tertiary/aromatic N) is 2. The first-order chi connectivity index (χ1) is 13.9. The van der Waals surface area contributed by atoms with E-state index in [0.29, 0.717) is 29.2 Å². The number of aliphatic imine (C=N–C) groups is 1. The lowest BCUT2D eigenvalue weighted by atomic mass is 9.74. The molecule has 148 valence electrons. The van der Waals surface area contributed by atoms with Gasteiger partial charge in [-0.1, -0.05) is 12.1 Å². The number of hydrogen-bond acceptors (Lipinski definition) is 6. The highest BCUT2D eigenvalue weighted by molar-refractivity contribution is 6.07. The summed E-state index contributed by atoms with van der Waals surface area (Å²) in [4.78, 5) is 34.3. The van der Waals surface area contributed by atoms with Gasteiger partial charge in [0, 0.05) is 35.0 Å². The maximum Gasteiger partial charge on any atom is 0.219 e. The van der Waals surface area contributed by atoms with E-state index in [-0.39, 0.29) is 11.2 Å². The number of pyridine rings is 1. The molecular weight excluding hydrogens is 368 g/mol. The third kappa shape index (κ3) is 3.14. The monoisotopic (exact) mass is 390 g/mol. The van der Waals surface area contributed by atoms with Gasteiger partial charge in [-0.25, -0.2) is 4.98 Å². The van der Waals surface area contributed by atoms with Crippen LogP contribution in [0.4, 0.5) is 5.69 Å². The topological polar surface area (TPSA) is 81.8 Å². The van der Waals surface area contributed by atoms with Crippen molar-refractivity contribution in [3.05, 3.63) is 63.6 Å². The molecule has 0 saturated heterocycles. The predicted molar refractivity (Wildman–Crippen MR) is 111 cm³/mol. The Morgan fingerprint density at radius 3 is 2.76 bits per heavy atom. The molecule has 3 aromatic rings. The molecule has 0 aliphatic carbocycles. The van der Waals surface area contributed by atoms with Crippen LogP contribution in [0.3, 0.4) is 0 Å². The molecule has 4 rings (SSSR count). The number of benzene rings is 1. The third-order valence-corrected chi connectivity index (χ3v) is 5.28. The highest BCUT2D eigenvalue weighted by Gasteiger charge is 2.39. The minimum absolute atomic E-state index is 0.0137. The molecule has 2 unspecified atom stereocenters. The SMILES string of the molecule is CCOc1nccc2c1C(c1cccc3c(=O)cc(C)oc13)C(C(C)=O)C(C)=N2. The fourth-order valence-electron chi connectivity index (χ4n) is 4.18. The van der Waals surface area contributed by atoms with Gasteiger partial charge in [0.05, 0.1) is 23.6 Å². The Hall–Kier alpha value is -3.28. The Bertz CT molecular complexity index is 1210. The van der Waals surface area contributed by atoms with Crippen molar-refractivity contribution in [1.29, 1.82) is 0 Å². The van der Waals surface area contributed by atoms with Crippen LogP contribution in [0.15, 0.2) is 50.7 Å². The van der Waals surface area contributed by atoms with Crippen LogP contribution in [-0.4, -0.2) is 23.1 Å². The first-order valence-corrected chi connectivity index (χ1v) is 9.63. The van der Waals surface area contributed by atoms with Crippen molar-refractivity contribution < 1.29 is 13.9 Å². The molecule has 0 amide bonds. The van der Waals surface area contributed by atoms with Crippen molar-refractivity contribution in [2.24, 2.45) is 10.9 Å². The summed E-state index contributed by atoms with van der Waals surface area (Å²) in [6, 6.07) is 8.75. The van der Waals surface area contributed by atoms with Crippen molar-refractivity contribution in [3.8, 4) is 5.88 Å². The number of Topliss-reactive ketones (excluding diaryl/α,β-unsaturated/α-hetero) is 1. The largest absolute Gasteiger partial charge is 0.478 e. The minimum Gasteiger partial charge on any atom is -0.478 e. The van der Waals surface area contributed by atoms with E-state index in [1.165, 1.54) is 6.07 Å². The lowest BCUT2D eigenvalue weighted by molar-refractivity contribution is -0.119. The lowest BCUT2D eigenvalue weighted by Crippen LogP contribution is -2.31. The molecule has 2 aromatic heterocycles. The zero-order valence-electron chi connectivity index (χ0n) is 16.9. The molecule has 0 radical (unpaired) electrons. The molecule has 0 bridgehead atoms. The van der Waals surface area contributed by atoms with Crippen LogP contribution in [-0.2, 0) is 4.79 Å². The van der Waals surface area contributed by atoms with Gasteiger partial charge in [0.1, 0.15) is 17.1 Å². The summed E-state index contributed by atoms with van der Waals surface area (Å²) >= 11 is 0. The van der Waals surface area contributed by atoms with Crippen LogP contribution in [0.5, 0.6) is 5.88 Å². The zero-order valence-corrected chi connectivity index (χ0v) is 16.9. The maximum absolute atomic E-state index is 12.7. The number of hydrogen-bond donors (Lipinski definition) is 0. The van der Waals surface area contributed by atoms with E-state index in [1.807, 2.05) is 32.0 Å². The molecule has 3 heterocycles. The van der Waals surface area contributed by atoms with Crippen molar-refractivity contribution in [2.75, 3.05) is 6.61 Å². The summed E-state index contributed by atoms with van der Waals surface area (Å²) in [7, 11) is 0. The van der Waals surface area contributed by atoms with Crippen LogP contribution in [0.2, 0.25) is 0 Å². The number of aromatic nitrogens is 1. The Kier molecular flexibility index (Phi) is 4.78. The summed E-state index contributed by atoms with van der Waals surface area (Å²) in [6.45, 7) is 7.48. The van der Waals surface area contributed by atoms with Crippen LogP contribution in [0, 0.1) is 12.8 Å². The standard InChI is InChI=1S/C23H22N2O4/c1-5-28-23-21-17(9-10-24-23)25-13(3)19(14(4)26)20(21)16-8-6-7-15-18(27)11-12(2)29-22(15)16/h6-11,19-20H,5H2,1-4H3. The van der Waals surface area contributed by atoms with Crippen LogP contribution < -0.4 is 10.2 Å². The Labute approximate surface area is 168 Å². The molecule has 29 heavy (non-hydrogen) atoms. The van der Waals surface area contributed by atoms with Gasteiger partial charge in [0.2, 0.25) is 5.88 Å². The van der Waals surface area contributed by atoms with Crippen LogP contribution in [0.1, 0.15) is 43.6 Å². The van der Waals surface area contributed by atoms with E-state index in [1.54, 1.807) is 26.1 Å². The van der Waals surface area contributed by atoms with Crippen LogP contribution in [0.25, 0.3) is 11.0 Å². The van der Waals surface area contributed by atoms with Crippen molar-refractivity contribution in [2.45, 2.75) is 33.6 Å². The number of ether oxygens (including phenoxy) is 1. The maximum atomic E-state index is 12.7. The molecule has 0 saturated carbocycles. The van der Waals surface area contributed by atoms with Crippen LogP contribution >= 0.6 is 0 Å². The fourth-order valence-corrected chi connectivity index (χ4v) is 4.18. The second-order valence-corrected chi connectivity index (χ2v) is 7.25. The number of carbonyl (C=O) groups is 1. The molecule has 0 fully saturated rings. The molecule has 1 aromatic carbocycles. The fraction of sp³-hybridized carbons (Fsp3) is 0.304. The van der Waals surface area contributed by atoms with Gasteiger partial charge >= 0.3 is 0 Å². The third-order valence-electron chi connectivity index (χ3n) is 5.28. The Balaban J connectivity index is 2.09. The molecule has 2 atom stereocenters. The molecule has 1 aliphatic rings. The molecule has 0 N–H and O–H groups in total. The van der Waals surface area contributed by atoms with Gasteiger partial charge in [0.25, 0.3) is 0 Å². The second kappa shape index (κ2) is 7.28. The number of carbonyl (C=O) groups excluding carboxylic acids is 1. The van der Waals surface area contributed by atoms with E-state index in [2.05, 4.69) is 9.98 Å². The number of ketones is 1. The first kappa shape index (κ1) is 19.1. The first-order valence-electron chi connectivity index (χ1n) is 9.63. The van der Waals surface area contributed by atoms with Gasteiger partial charge in [-0.05, 0) is 39.8 Å². The summed E-state index contributed by atoms with van der Waals surface area (Å²) in [5, 5.41) is 0.485. The molecule has 6 heteroatoms. The van der Waals surface area contributed by atoms with E-state index < -0.39 is 11.8 Å². The van der Waals surface area contributed by atoms with E-state index >= 15 is 0 Å². The second-order valence-electron chi connectivity index (χ2n) is 7.25. The normalized spacial score (nSPS) is 18.3. The smallest absolute Gasteiger partial charge is 0.219 e. The number of rotatable bonds is 4. The van der Waals surface area contributed by atoms with E-state index in [4.69, 9.17) is 9.15 Å². The summed E-state index contributed by atoms with van der Waals surface area (Å²) in [5.41, 5.74) is 3.32. The number of para-hydroxylation sites is 1. The number of aryl methyl sites for hydroxylation is 1. The molecule has 1 aliphatic heterocycles.